The number of amides is 1. The van der Waals surface area contributed by atoms with Crippen LogP contribution in [0.25, 0.3) is 0 Å². The fraction of sp³-hybridized carbons (Fsp3) is 0. The largest absolute Gasteiger partial charge is 0.338 e. The maximum Gasteiger partial charge on any atom is 0.274 e. The predicted molar refractivity (Wildman–Crippen MR) is 86.0 cm³/mol. The van der Waals surface area contributed by atoms with Crippen LogP contribution in [0.2, 0.25) is 0 Å². The number of carbonyl (C=O) groups excluding carboxylic acids is 1. The molecule has 5 nitrogen and oxygen atoms in total. The minimum absolute atomic E-state index is 0.00540. The van der Waals surface area contributed by atoms with E-state index in [2.05, 4.69) is 20.6 Å². The maximum absolute atomic E-state index is 13.7. The molecule has 2 N–H and O–H groups in total. The number of nitrogens with zero attached hydrogens (tertiary/aromatic N) is 2. The summed E-state index contributed by atoms with van der Waals surface area (Å²) in [6.07, 6.45) is 1.04. The Balaban J connectivity index is 1.79. The first-order chi connectivity index (χ1) is 12.4. The lowest BCUT2D eigenvalue weighted by atomic mass is 10.2. The Morgan fingerprint density at radius 1 is 0.885 bits per heavy atom. The van der Waals surface area contributed by atoms with Crippen molar-refractivity contribution in [2.75, 3.05) is 10.6 Å². The molecule has 3 aromatic rings. The number of benzene rings is 2. The minimum atomic E-state index is -1.63. The molecule has 0 radical (unpaired) electrons. The highest BCUT2D eigenvalue weighted by molar-refractivity contribution is 6.03. The van der Waals surface area contributed by atoms with Gasteiger partial charge in [-0.05, 0) is 36.4 Å². The molecule has 1 aromatic heterocycles. The van der Waals surface area contributed by atoms with Crippen LogP contribution in [-0.2, 0) is 0 Å². The van der Waals surface area contributed by atoms with Crippen LogP contribution in [-0.4, -0.2) is 15.9 Å². The molecular weight excluding hydrogens is 352 g/mol. The molecule has 1 amide bonds. The van der Waals surface area contributed by atoms with Gasteiger partial charge in [-0.25, -0.2) is 27.5 Å². The van der Waals surface area contributed by atoms with E-state index < -0.39 is 29.2 Å². The molecule has 0 aliphatic rings. The van der Waals surface area contributed by atoms with Crippen LogP contribution in [0.15, 0.2) is 48.8 Å². The molecule has 9 heteroatoms. The van der Waals surface area contributed by atoms with Crippen molar-refractivity contribution in [3.8, 4) is 0 Å². The van der Waals surface area contributed by atoms with Crippen LogP contribution < -0.4 is 10.6 Å². The summed E-state index contributed by atoms with van der Waals surface area (Å²) >= 11 is 0. The predicted octanol–water partition coefficient (Wildman–Crippen LogP) is 4.03. The Kier molecular flexibility index (Phi) is 4.78. The molecule has 0 spiro atoms. The standard InChI is InChI=1S/C17H10F4N4O/c18-9-1-3-10(4-2-9)24-17(26)13-7-14(23-8-22-13)25-12-6-5-11(19)15(20)16(12)21/h1-8H,(H,24,26)(H,22,23,25). The minimum Gasteiger partial charge on any atom is -0.338 e. The van der Waals surface area contributed by atoms with Crippen LogP contribution >= 0.6 is 0 Å². The highest BCUT2D eigenvalue weighted by atomic mass is 19.2. The van der Waals surface area contributed by atoms with Gasteiger partial charge in [-0.15, -0.1) is 0 Å². The van der Waals surface area contributed by atoms with Crippen molar-refractivity contribution < 1.29 is 22.4 Å². The zero-order chi connectivity index (χ0) is 18.7. The van der Waals surface area contributed by atoms with Crippen molar-refractivity contribution in [2.45, 2.75) is 0 Å². The molecule has 0 aliphatic heterocycles. The lowest BCUT2D eigenvalue weighted by Gasteiger charge is -2.09. The van der Waals surface area contributed by atoms with Crippen molar-refractivity contribution in [1.29, 1.82) is 0 Å². The van der Waals surface area contributed by atoms with E-state index in [4.69, 9.17) is 0 Å². The van der Waals surface area contributed by atoms with Gasteiger partial charge in [0.1, 0.15) is 23.7 Å². The normalized spacial score (nSPS) is 10.5. The van der Waals surface area contributed by atoms with Gasteiger partial charge in [0.25, 0.3) is 5.91 Å². The van der Waals surface area contributed by atoms with E-state index >= 15 is 0 Å². The van der Waals surface area contributed by atoms with E-state index in [0.29, 0.717) is 5.69 Å². The zero-order valence-corrected chi connectivity index (χ0v) is 12.9. The third-order valence-electron chi connectivity index (χ3n) is 3.30. The van der Waals surface area contributed by atoms with Gasteiger partial charge in [-0.2, -0.15) is 0 Å². The van der Waals surface area contributed by atoms with Crippen LogP contribution in [0.3, 0.4) is 0 Å². The highest BCUT2D eigenvalue weighted by Crippen LogP contribution is 2.22. The van der Waals surface area contributed by atoms with Crippen LogP contribution in [0.4, 0.5) is 34.8 Å². The number of anilines is 3. The summed E-state index contributed by atoms with van der Waals surface area (Å²) in [6.45, 7) is 0. The van der Waals surface area contributed by atoms with Crippen molar-refractivity contribution in [2.24, 2.45) is 0 Å². The second-order valence-electron chi connectivity index (χ2n) is 5.10. The summed E-state index contributed by atoms with van der Waals surface area (Å²) in [5.74, 6) is -5.44. The van der Waals surface area contributed by atoms with Gasteiger partial charge in [-0.1, -0.05) is 0 Å². The van der Waals surface area contributed by atoms with Crippen LogP contribution in [0.5, 0.6) is 0 Å². The average Bonchev–Trinajstić information content (AvgIpc) is 2.64. The highest BCUT2D eigenvalue weighted by Gasteiger charge is 2.15. The summed E-state index contributed by atoms with van der Waals surface area (Å²) in [5.41, 5.74) is -0.0847. The number of nitrogens with one attached hydrogen (secondary N) is 2. The number of rotatable bonds is 4. The van der Waals surface area contributed by atoms with E-state index in [1.807, 2.05) is 0 Å². The Labute approximate surface area is 144 Å². The van der Waals surface area contributed by atoms with Gasteiger partial charge in [0.15, 0.2) is 17.5 Å². The number of carbonyl (C=O) groups is 1. The van der Waals surface area contributed by atoms with Crippen molar-refractivity contribution in [1.82, 2.24) is 9.97 Å². The molecule has 2 aromatic carbocycles. The Morgan fingerprint density at radius 2 is 1.62 bits per heavy atom. The zero-order valence-electron chi connectivity index (χ0n) is 12.9. The Bertz CT molecular complexity index is 963. The molecule has 3 rings (SSSR count). The molecule has 0 unspecified atom stereocenters. The van der Waals surface area contributed by atoms with Gasteiger partial charge in [0.2, 0.25) is 0 Å². The second kappa shape index (κ2) is 7.18. The first kappa shape index (κ1) is 17.3. The van der Waals surface area contributed by atoms with E-state index in [9.17, 15) is 22.4 Å². The summed E-state index contributed by atoms with van der Waals surface area (Å²) in [4.78, 5) is 19.7. The summed E-state index contributed by atoms with van der Waals surface area (Å²) in [5, 5.41) is 4.94. The molecule has 26 heavy (non-hydrogen) atoms. The van der Waals surface area contributed by atoms with Crippen LogP contribution in [0, 0.1) is 23.3 Å². The summed E-state index contributed by atoms with van der Waals surface area (Å²) < 4.78 is 52.8. The van der Waals surface area contributed by atoms with E-state index in [1.165, 1.54) is 30.3 Å². The SMILES string of the molecule is O=C(Nc1ccc(F)cc1)c1cc(Nc2ccc(F)c(F)c2F)ncn1. The second-order valence-corrected chi connectivity index (χ2v) is 5.10. The fourth-order valence-corrected chi connectivity index (χ4v) is 2.04. The van der Waals surface area contributed by atoms with Gasteiger partial charge >= 0.3 is 0 Å². The van der Waals surface area contributed by atoms with Crippen molar-refractivity contribution in [3.05, 3.63) is 77.8 Å². The summed E-state index contributed by atoms with van der Waals surface area (Å²) in [6, 6.07) is 8.02. The number of halogens is 4. The smallest absolute Gasteiger partial charge is 0.274 e. The molecule has 0 saturated heterocycles. The lowest BCUT2D eigenvalue weighted by Crippen LogP contribution is -2.14. The van der Waals surface area contributed by atoms with Gasteiger partial charge in [0.05, 0.1) is 5.69 Å². The third kappa shape index (κ3) is 3.77. The Morgan fingerprint density at radius 3 is 2.35 bits per heavy atom. The molecule has 0 atom stereocenters. The number of aromatic nitrogens is 2. The van der Waals surface area contributed by atoms with E-state index in [-0.39, 0.29) is 17.2 Å². The molecule has 132 valence electrons. The number of hydrogen-bond acceptors (Lipinski definition) is 4. The first-order valence-corrected chi connectivity index (χ1v) is 7.23. The van der Waals surface area contributed by atoms with Gasteiger partial charge in [-0.3, -0.25) is 4.79 Å². The van der Waals surface area contributed by atoms with E-state index in [0.717, 1.165) is 18.5 Å². The Hall–Kier alpha value is -3.49. The van der Waals surface area contributed by atoms with E-state index in [1.54, 1.807) is 0 Å². The molecule has 0 aliphatic carbocycles. The molecule has 0 fully saturated rings. The quantitative estimate of drug-likeness (QED) is 0.543. The van der Waals surface area contributed by atoms with Gasteiger partial charge < -0.3 is 10.6 Å². The van der Waals surface area contributed by atoms with Gasteiger partial charge in [0, 0.05) is 11.8 Å². The fourth-order valence-electron chi connectivity index (χ4n) is 2.04. The molecule has 1 heterocycles. The first-order valence-electron chi connectivity index (χ1n) is 7.23. The molecular formula is C17H10F4N4O. The maximum atomic E-state index is 13.7. The monoisotopic (exact) mass is 362 g/mol. The molecule has 0 saturated carbocycles. The number of hydrogen-bond donors (Lipinski definition) is 2. The molecule has 0 bridgehead atoms. The summed E-state index contributed by atoms with van der Waals surface area (Å²) in [7, 11) is 0. The van der Waals surface area contributed by atoms with Crippen LogP contribution in [0.1, 0.15) is 10.5 Å². The van der Waals surface area contributed by atoms with Crippen molar-refractivity contribution >= 4 is 23.1 Å². The third-order valence-corrected chi connectivity index (χ3v) is 3.30. The lowest BCUT2D eigenvalue weighted by molar-refractivity contribution is 0.102. The average molecular weight is 362 g/mol. The van der Waals surface area contributed by atoms with Crippen molar-refractivity contribution in [3.63, 3.8) is 0 Å². The topological polar surface area (TPSA) is 66.9 Å².